The lowest BCUT2D eigenvalue weighted by Crippen LogP contribution is -2.31. The number of nitrogens with two attached hydrogens (primary N) is 1. The summed E-state index contributed by atoms with van der Waals surface area (Å²) >= 11 is 1.61. The van der Waals surface area contributed by atoms with E-state index in [2.05, 4.69) is 24.3 Å². The molecule has 27 heavy (non-hydrogen) atoms. The molecule has 0 spiro atoms. The molecule has 3 aromatic rings. The monoisotopic (exact) mass is 376 g/mol. The van der Waals surface area contributed by atoms with Gasteiger partial charge in [0.05, 0.1) is 10.6 Å². The number of hydrogen-bond donors (Lipinski definition) is 1. The number of benzene rings is 2. The Labute approximate surface area is 164 Å². The van der Waals surface area contributed by atoms with E-state index in [4.69, 9.17) is 5.73 Å². The van der Waals surface area contributed by atoms with Crippen molar-refractivity contribution in [2.45, 2.75) is 38.8 Å². The van der Waals surface area contributed by atoms with Crippen LogP contribution >= 0.6 is 11.3 Å². The first kappa shape index (κ1) is 17.8. The number of hydrogen-bond acceptors (Lipinski definition) is 3. The highest BCUT2D eigenvalue weighted by Gasteiger charge is 2.27. The molecule has 2 N–H and O–H groups in total. The summed E-state index contributed by atoms with van der Waals surface area (Å²) in [5, 5.41) is 0.679. The standard InChI is InChI=1S/C23H24N2OS/c24-22-21(19-13-7-8-14-20(19)27-22)23(26)25(15-17-9-3-1-4-10-17)16-18-11-5-2-6-12-18/h1-6,9-12H,7-8,13-16,24H2. The fourth-order valence-corrected chi connectivity index (χ4v) is 4.94. The van der Waals surface area contributed by atoms with Gasteiger partial charge in [0.25, 0.3) is 5.91 Å². The minimum atomic E-state index is 0.0552. The summed E-state index contributed by atoms with van der Waals surface area (Å²) in [5.41, 5.74) is 10.5. The Hall–Kier alpha value is -2.59. The van der Waals surface area contributed by atoms with E-state index >= 15 is 0 Å². The molecule has 1 amide bonds. The lowest BCUT2D eigenvalue weighted by Gasteiger charge is -2.24. The van der Waals surface area contributed by atoms with Crippen LogP contribution in [0.3, 0.4) is 0 Å². The highest BCUT2D eigenvalue weighted by molar-refractivity contribution is 7.16. The van der Waals surface area contributed by atoms with Crippen molar-refractivity contribution in [3.63, 3.8) is 0 Å². The predicted molar refractivity (Wildman–Crippen MR) is 112 cm³/mol. The van der Waals surface area contributed by atoms with Crippen molar-refractivity contribution in [2.75, 3.05) is 5.73 Å². The van der Waals surface area contributed by atoms with E-state index in [1.807, 2.05) is 41.3 Å². The zero-order valence-electron chi connectivity index (χ0n) is 15.4. The van der Waals surface area contributed by atoms with Crippen LogP contribution in [0.25, 0.3) is 0 Å². The van der Waals surface area contributed by atoms with E-state index in [0.717, 1.165) is 36.0 Å². The van der Waals surface area contributed by atoms with Gasteiger partial charge in [-0.25, -0.2) is 0 Å². The van der Waals surface area contributed by atoms with Crippen molar-refractivity contribution < 1.29 is 4.79 Å². The van der Waals surface area contributed by atoms with Gasteiger partial charge in [0.2, 0.25) is 0 Å². The fraction of sp³-hybridized carbons (Fsp3) is 0.261. The van der Waals surface area contributed by atoms with E-state index in [1.165, 1.54) is 16.9 Å². The van der Waals surface area contributed by atoms with Crippen molar-refractivity contribution in [2.24, 2.45) is 0 Å². The van der Waals surface area contributed by atoms with Crippen molar-refractivity contribution >= 4 is 22.2 Å². The molecule has 1 aliphatic carbocycles. The van der Waals surface area contributed by atoms with Gasteiger partial charge in [0.15, 0.2) is 0 Å². The van der Waals surface area contributed by atoms with Crippen molar-refractivity contribution in [3.05, 3.63) is 87.8 Å². The molecule has 0 aliphatic heterocycles. The number of nitrogen functional groups attached to an aromatic ring is 1. The third kappa shape index (κ3) is 3.91. The van der Waals surface area contributed by atoms with Crippen LogP contribution in [0.15, 0.2) is 60.7 Å². The summed E-state index contributed by atoms with van der Waals surface area (Å²) < 4.78 is 0. The highest BCUT2D eigenvalue weighted by Crippen LogP contribution is 2.37. The van der Waals surface area contributed by atoms with E-state index in [1.54, 1.807) is 11.3 Å². The maximum absolute atomic E-state index is 13.6. The SMILES string of the molecule is Nc1sc2c(c1C(=O)N(Cc1ccccc1)Cc1ccccc1)CCCC2. The lowest BCUT2D eigenvalue weighted by molar-refractivity contribution is 0.0730. The second-order valence-corrected chi connectivity index (χ2v) is 8.22. The summed E-state index contributed by atoms with van der Waals surface area (Å²) in [5.74, 6) is 0.0552. The Bertz CT molecular complexity index is 877. The number of aryl methyl sites for hydroxylation is 1. The van der Waals surface area contributed by atoms with Crippen LogP contribution in [0, 0.1) is 0 Å². The van der Waals surface area contributed by atoms with Gasteiger partial charge in [-0.3, -0.25) is 4.79 Å². The number of thiophene rings is 1. The van der Waals surface area contributed by atoms with E-state index in [-0.39, 0.29) is 5.91 Å². The maximum Gasteiger partial charge on any atom is 0.257 e. The van der Waals surface area contributed by atoms with Gasteiger partial charge in [-0.1, -0.05) is 60.7 Å². The van der Waals surface area contributed by atoms with Crippen LogP contribution < -0.4 is 5.73 Å². The van der Waals surface area contributed by atoms with E-state index < -0.39 is 0 Å². The van der Waals surface area contributed by atoms with Gasteiger partial charge in [0, 0.05) is 18.0 Å². The first-order chi connectivity index (χ1) is 13.2. The Morgan fingerprint density at radius 1 is 0.889 bits per heavy atom. The average molecular weight is 377 g/mol. The van der Waals surface area contributed by atoms with Gasteiger partial charge in [0.1, 0.15) is 0 Å². The number of carbonyl (C=O) groups is 1. The van der Waals surface area contributed by atoms with Gasteiger partial charge < -0.3 is 10.6 Å². The molecule has 0 bridgehead atoms. The number of carbonyl (C=O) groups excluding carboxylic acids is 1. The van der Waals surface area contributed by atoms with Crippen molar-refractivity contribution in [1.29, 1.82) is 0 Å². The number of fused-ring (bicyclic) bond motifs is 1. The zero-order valence-corrected chi connectivity index (χ0v) is 16.2. The predicted octanol–water partition coefficient (Wildman–Crippen LogP) is 5.05. The summed E-state index contributed by atoms with van der Waals surface area (Å²) in [7, 11) is 0. The molecule has 1 aromatic heterocycles. The Balaban J connectivity index is 1.67. The molecular weight excluding hydrogens is 352 g/mol. The van der Waals surface area contributed by atoms with Crippen LogP contribution in [0.4, 0.5) is 5.00 Å². The largest absolute Gasteiger partial charge is 0.390 e. The maximum atomic E-state index is 13.6. The molecular formula is C23H24N2OS. The van der Waals surface area contributed by atoms with E-state index in [0.29, 0.717) is 18.1 Å². The zero-order chi connectivity index (χ0) is 18.6. The molecule has 1 heterocycles. The van der Waals surface area contributed by atoms with Crippen LogP contribution in [0.5, 0.6) is 0 Å². The van der Waals surface area contributed by atoms with Crippen LogP contribution in [-0.4, -0.2) is 10.8 Å². The minimum absolute atomic E-state index is 0.0552. The Morgan fingerprint density at radius 2 is 1.44 bits per heavy atom. The molecule has 1 aliphatic rings. The summed E-state index contributed by atoms with van der Waals surface area (Å²) in [4.78, 5) is 16.8. The van der Waals surface area contributed by atoms with Gasteiger partial charge >= 0.3 is 0 Å². The molecule has 4 rings (SSSR count). The van der Waals surface area contributed by atoms with Gasteiger partial charge in [-0.2, -0.15) is 0 Å². The van der Waals surface area contributed by atoms with Gasteiger partial charge in [-0.05, 0) is 42.4 Å². The molecule has 0 atom stereocenters. The number of amides is 1. The molecule has 0 fully saturated rings. The first-order valence-electron chi connectivity index (χ1n) is 9.49. The minimum Gasteiger partial charge on any atom is -0.390 e. The van der Waals surface area contributed by atoms with Gasteiger partial charge in [-0.15, -0.1) is 11.3 Å². The van der Waals surface area contributed by atoms with Crippen molar-refractivity contribution in [3.8, 4) is 0 Å². The molecule has 2 aromatic carbocycles. The Kier molecular flexibility index (Phi) is 5.26. The molecule has 0 saturated heterocycles. The second-order valence-electron chi connectivity index (χ2n) is 7.08. The summed E-state index contributed by atoms with van der Waals surface area (Å²) in [6.45, 7) is 1.16. The van der Waals surface area contributed by atoms with Crippen LogP contribution in [0.2, 0.25) is 0 Å². The molecule has 4 heteroatoms. The molecule has 138 valence electrons. The first-order valence-corrected chi connectivity index (χ1v) is 10.3. The smallest absolute Gasteiger partial charge is 0.257 e. The van der Waals surface area contributed by atoms with Crippen LogP contribution in [0.1, 0.15) is 44.8 Å². The topological polar surface area (TPSA) is 46.3 Å². The second kappa shape index (κ2) is 7.97. The molecule has 3 nitrogen and oxygen atoms in total. The number of anilines is 1. The third-order valence-electron chi connectivity index (χ3n) is 5.13. The molecule has 0 saturated carbocycles. The number of nitrogens with zero attached hydrogens (tertiary/aromatic N) is 1. The fourth-order valence-electron chi connectivity index (χ4n) is 3.79. The summed E-state index contributed by atoms with van der Waals surface area (Å²) in [6.07, 6.45) is 4.35. The quantitative estimate of drug-likeness (QED) is 0.677. The lowest BCUT2D eigenvalue weighted by atomic mass is 9.95. The van der Waals surface area contributed by atoms with E-state index in [9.17, 15) is 4.79 Å². The molecule has 0 radical (unpaired) electrons. The Morgan fingerprint density at radius 3 is 2.04 bits per heavy atom. The van der Waals surface area contributed by atoms with Crippen molar-refractivity contribution in [1.82, 2.24) is 4.90 Å². The number of rotatable bonds is 5. The summed E-state index contributed by atoms with van der Waals surface area (Å²) in [6, 6.07) is 20.3. The third-order valence-corrected chi connectivity index (χ3v) is 6.25. The van der Waals surface area contributed by atoms with Crippen LogP contribution in [-0.2, 0) is 25.9 Å². The highest BCUT2D eigenvalue weighted by atomic mass is 32.1. The normalized spacial score (nSPS) is 13.2. The molecule has 0 unspecified atom stereocenters. The average Bonchev–Trinajstić information content (AvgIpc) is 3.04.